The van der Waals surface area contributed by atoms with Gasteiger partial charge in [0.25, 0.3) is 0 Å². The second-order valence-electron chi connectivity index (χ2n) is 2.64. The molecule has 0 saturated carbocycles. The van der Waals surface area contributed by atoms with E-state index in [1.165, 1.54) is 12.1 Å². The van der Waals surface area contributed by atoms with Gasteiger partial charge in [0.15, 0.2) is 0 Å². The molecular weight excluding hydrogens is 209 g/mol. The van der Waals surface area contributed by atoms with Gasteiger partial charge in [-0.3, -0.25) is 0 Å². The molecule has 0 saturated heterocycles. The molecule has 0 aliphatic heterocycles. The standard InChI is InChI=1S/C10H7F3O2/c1-2-8-7(6-14)4-3-5-9(8)15-10(11,12)13/h1,3-5,14H,6H2. The number of halogens is 3. The lowest BCUT2D eigenvalue weighted by Gasteiger charge is -2.12. The Balaban J connectivity index is 3.14. The van der Waals surface area contributed by atoms with E-state index in [0.29, 0.717) is 0 Å². The van der Waals surface area contributed by atoms with Crippen molar-refractivity contribution in [3.63, 3.8) is 0 Å². The summed E-state index contributed by atoms with van der Waals surface area (Å²) < 4.78 is 39.5. The Hall–Kier alpha value is -1.67. The van der Waals surface area contributed by atoms with Crippen LogP contribution in [0.1, 0.15) is 11.1 Å². The number of aliphatic hydroxyl groups excluding tert-OH is 1. The first-order valence-corrected chi connectivity index (χ1v) is 3.93. The third kappa shape index (κ3) is 2.89. The number of hydrogen-bond donors (Lipinski definition) is 1. The van der Waals surface area contributed by atoms with E-state index in [1.807, 2.05) is 0 Å². The van der Waals surface area contributed by atoms with Crippen LogP contribution in [0.25, 0.3) is 0 Å². The molecule has 0 radical (unpaired) electrons. The van der Waals surface area contributed by atoms with Crippen molar-refractivity contribution in [2.45, 2.75) is 13.0 Å². The third-order valence-corrected chi connectivity index (χ3v) is 1.65. The Labute approximate surface area is 84.3 Å². The van der Waals surface area contributed by atoms with Crippen LogP contribution in [0.4, 0.5) is 13.2 Å². The van der Waals surface area contributed by atoms with Crippen LogP contribution >= 0.6 is 0 Å². The number of rotatable bonds is 2. The van der Waals surface area contributed by atoms with Gasteiger partial charge in [-0.2, -0.15) is 0 Å². The van der Waals surface area contributed by atoms with Gasteiger partial charge in [0, 0.05) is 0 Å². The van der Waals surface area contributed by atoms with Crippen molar-refractivity contribution in [2.75, 3.05) is 0 Å². The highest BCUT2D eigenvalue weighted by molar-refractivity contribution is 5.50. The number of aliphatic hydroxyl groups is 1. The normalized spacial score (nSPS) is 10.9. The maximum atomic E-state index is 11.9. The Morgan fingerprint density at radius 1 is 1.40 bits per heavy atom. The highest BCUT2D eigenvalue weighted by Crippen LogP contribution is 2.27. The second kappa shape index (κ2) is 4.24. The summed E-state index contributed by atoms with van der Waals surface area (Å²) in [6, 6.07) is 3.85. The smallest absolute Gasteiger partial charge is 0.404 e. The molecule has 15 heavy (non-hydrogen) atoms. The highest BCUT2D eigenvalue weighted by atomic mass is 19.4. The summed E-state index contributed by atoms with van der Waals surface area (Å²) in [5.74, 6) is 1.58. The summed E-state index contributed by atoms with van der Waals surface area (Å²) in [4.78, 5) is 0. The predicted octanol–water partition coefficient (Wildman–Crippen LogP) is 2.06. The van der Waals surface area contributed by atoms with Gasteiger partial charge in [0.05, 0.1) is 12.2 Å². The molecule has 0 aliphatic rings. The first-order valence-electron chi connectivity index (χ1n) is 3.93. The van der Waals surface area contributed by atoms with Crippen LogP contribution in [0.3, 0.4) is 0 Å². The lowest BCUT2D eigenvalue weighted by molar-refractivity contribution is -0.274. The molecule has 0 aliphatic carbocycles. The molecular formula is C10H7F3O2. The Morgan fingerprint density at radius 2 is 2.07 bits per heavy atom. The Bertz CT molecular complexity index is 391. The van der Waals surface area contributed by atoms with E-state index in [1.54, 1.807) is 0 Å². The van der Waals surface area contributed by atoms with Crippen molar-refractivity contribution in [1.29, 1.82) is 0 Å². The topological polar surface area (TPSA) is 29.5 Å². The zero-order valence-electron chi connectivity index (χ0n) is 7.51. The zero-order chi connectivity index (χ0) is 11.5. The highest BCUT2D eigenvalue weighted by Gasteiger charge is 2.32. The first-order chi connectivity index (χ1) is 6.98. The van der Waals surface area contributed by atoms with Gasteiger partial charge in [-0.25, -0.2) is 0 Å². The molecule has 2 nitrogen and oxygen atoms in total. The number of hydrogen-bond acceptors (Lipinski definition) is 2. The van der Waals surface area contributed by atoms with Crippen molar-refractivity contribution < 1.29 is 23.0 Å². The summed E-state index contributed by atoms with van der Waals surface area (Å²) in [6.07, 6.45) is 0.245. The van der Waals surface area contributed by atoms with Gasteiger partial charge in [0.1, 0.15) is 5.75 Å². The van der Waals surface area contributed by atoms with Gasteiger partial charge in [0.2, 0.25) is 0 Å². The molecule has 0 amide bonds. The molecule has 1 N–H and O–H groups in total. The van der Waals surface area contributed by atoms with Gasteiger partial charge >= 0.3 is 6.36 Å². The van der Waals surface area contributed by atoms with Crippen LogP contribution in [0, 0.1) is 12.3 Å². The summed E-state index contributed by atoms with van der Waals surface area (Å²) in [5, 5.41) is 8.84. The summed E-state index contributed by atoms with van der Waals surface area (Å²) in [7, 11) is 0. The number of ether oxygens (including phenoxy) is 1. The van der Waals surface area contributed by atoms with Crippen LogP contribution in [-0.4, -0.2) is 11.5 Å². The van der Waals surface area contributed by atoms with Crippen molar-refractivity contribution in [2.24, 2.45) is 0 Å². The second-order valence-corrected chi connectivity index (χ2v) is 2.64. The van der Waals surface area contributed by atoms with E-state index in [4.69, 9.17) is 11.5 Å². The summed E-state index contributed by atoms with van der Waals surface area (Å²) >= 11 is 0. The van der Waals surface area contributed by atoms with Crippen LogP contribution in [0.5, 0.6) is 5.75 Å². The summed E-state index contributed by atoms with van der Waals surface area (Å²) in [6.45, 7) is -0.436. The van der Waals surface area contributed by atoms with Gasteiger partial charge < -0.3 is 9.84 Å². The minimum Gasteiger partial charge on any atom is -0.404 e. The predicted molar refractivity (Wildman–Crippen MR) is 47.0 cm³/mol. The molecule has 0 spiro atoms. The van der Waals surface area contributed by atoms with Gasteiger partial charge in [-0.1, -0.05) is 18.1 Å². The average Bonchev–Trinajstić information content (AvgIpc) is 2.15. The van der Waals surface area contributed by atoms with Crippen molar-refractivity contribution in [3.8, 4) is 18.1 Å². The van der Waals surface area contributed by atoms with E-state index in [2.05, 4.69) is 10.7 Å². The van der Waals surface area contributed by atoms with E-state index in [0.717, 1.165) is 6.07 Å². The molecule has 0 heterocycles. The van der Waals surface area contributed by atoms with Crippen LogP contribution in [-0.2, 0) is 6.61 Å². The molecule has 1 rings (SSSR count). The van der Waals surface area contributed by atoms with E-state index in [9.17, 15) is 13.2 Å². The minimum absolute atomic E-state index is 0.0858. The Kier molecular flexibility index (Phi) is 3.22. The van der Waals surface area contributed by atoms with E-state index in [-0.39, 0.29) is 11.1 Å². The number of benzene rings is 1. The SMILES string of the molecule is C#Cc1c(CO)cccc1OC(F)(F)F. The summed E-state index contributed by atoms with van der Waals surface area (Å²) in [5.41, 5.74) is 0.136. The molecule has 80 valence electrons. The molecule has 0 atom stereocenters. The third-order valence-electron chi connectivity index (χ3n) is 1.65. The van der Waals surface area contributed by atoms with Crippen LogP contribution in [0.2, 0.25) is 0 Å². The quantitative estimate of drug-likeness (QED) is 0.767. The molecule has 5 heteroatoms. The zero-order valence-corrected chi connectivity index (χ0v) is 7.51. The van der Waals surface area contributed by atoms with E-state index >= 15 is 0 Å². The number of terminal acetylenes is 1. The first kappa shape index (κ1) is 11.4. The molecule has 1 aromatic carbocycles. The molecule has 0 fully saturated rings. The Morgan fingerprint density at radius 3 is 2.53 bits per heavy atom. The lowest BCUT2D eigenvalue weighted by atomic mass is 10.1. The van der Waals surface area contributed by atoms with Crippen molar-refractivity contribution in [1.82, 2.24) is 0 Å². The van der Waals surface area contributed by atoms with E-state index < -0.39 is 18.7 Å². The maximum absolute atomic E-state index is 11.9. The lowest BCUT2D eigenvalue weighted by Crippen LogP contribution is -2.18. The van der Waals surface area contributed by atoms with Crippen molar-refractivity contribution in [3.05, 3.63) is 29.3 Å². The monoisotopic (exact) mass is 216 g/mol. The fourth-order valence-corrected chi connectivity index (χ4v) is 1.08. The molecule has 0 aromatic heterocycles. The minimum atomic E-state index is -4.79. The van der Waals surface area contributed by atoms with Crippen LogP contribution in [0.15, 0.2) is 18.2 Å². The fourth-order valence-electron chi connectivity index (χ4n) is 1.08. The fraction of sp³-hybridized carbons (Fsp3) is 0.200. The largest absolute Gasteiger partial charge is 0.573 e. The molecule has 0 bridgehead atoms. The number of alkyl halides is 3. The maximum Gasteiger partial charge on any atom is 0.573 e. The van der Waals surface area contributed by atoms with Gasteiger partial charge in [-0.05, 0) is 11.6 Å². The van der Waals surface area contributed by atoms with Gasteiger partial charge in [-0.15, -0.1) is 19.6 Å². The average molecular weight is 216 g/mol. The van der Waals surface area contributed by atoms with Crippen LogP contribution < -0.4 is 4.74 Å². The van der Waals surface area contributed by atoms with Crippen molar-refractivity contribution >= 4 is 0 Å². The molecule has 1 aromatic rings. The molecule has 0 unspecified atom stereocenters.